The van der Waals surface area contributed by atoms with E-state index in [-0.39, 0.29) is 27.1 Å². The highest BCUT2D eigenvalue weighted by molar-refractivity contribution is 7.89. The molecular weight excluding hydrogens is 863 g/mol. The number of benzene rings is 4. The number of anilines is 2. The summed E-state index contributed by atoms with van der Waals surface area (Å²) in [7, 11) is 0.999. The number of amides is 2. The second-order valence-electron chi connectivity index (χ2n) is 16.4. The van der Waals surface area contributed by atoms with Crippen LogP contribution in [0.3, 0.4) is 0 Å². The third-order valence-electron chi connectivity index (χ3n) is 11.6. The van der Waals surface area contributed by atoms with Gasteiger partial charge >= 0.3 is 5.97 Å². The number of likely N-dealkylation sites (N-methyl/N-ethyl adjacent to an activating group) is 1. The largest absolute Gasteiger partial charge is 0.479 e. The highest BCUT2D eigenvalue weighted by Gasteiger charge is 2.36. The molecule has 338 valence electrons. The number of hydrogen-bond donors (Lipinski definition) is 3. The van der Waals surface area contributed by atoms with Crippen LogP contribution in [0.1, 0.15) is 53.6 Å². The van der Waals surface area contributed by atoms with Gasteiger partial charge in [-0.15, -0.1) is 0 Å². The van der Waals surface area contributed by atoms with Gasteiger partial charge in [-0.3, -0.25) is 9.59 Å². The lowest BCUT2D eigenvalue weighted by Gasteiger charge is -2.29. The second kappa shape index (κ2) is 18.2. The first-order valence-electron chi connectivity index (χ1n) is 20.7. The Hall–Kier alpha value is -5.99. The topological polar surface area (TPSA) is 217 Å². The van der Waals surface area contributed by atoms with Crippen LogP contribution in [0.2, 0.25) is 0 Å². The monoisotopic (exact) mass is 913 g/mol. The van der Waals surface area contributed by atoms with Gasteiger partial charge in [-0.05, 0) is 126 Å². The summed E-state index contributed by atoms with van der Waals surface area (Å²) in [4.78, 5) is 48.6. The molecule has 8 rings (SSSR count). The molecule has 0 bridgehead atoms. The van der Waals surface area contributed by atoms with Crippen molar-refractivity contribution < 1.29 is 46.0 Å². The molecule has 0 fully saturated rings. The number of aliphatic carboxylic acids is 1. The van der Waals surface area contributed by atoms with Gasteiger partial charge in [0.05, 0.1) is 21.2 Å². The summed E-state index contributed by atoms with van der Waals surface area (Å²) in [6.45, 7) is 5.30. The third-order valence-corrected chi connectivity index (χ3v) is 15.3. The van der Waals surface area contributed by atoms with Gasteiger partial charge in [0.25, 0.3) is 11.8 Å². The van der Waals surface area contributed by atoms with Gasteiger partial charge < -0.3 is 30.3 Å². The average molecular weight is 914 g/mol. The van der Waals surface area contributed by atoms with Gasteiger partial charge in [-0.2, -0.15) is 0 Å². The Morgan fingerprint density at radius 1 is 0.734 bits per heavy atom. The summed E-state index contributed by atoms with van der Waals surface area (Å²) in [5, 5.41) is 22.5. The molecular formula is C45H51N7O10S2. The average Bonchev–Trinajstić information content (AvgIpc) is 3.76. The van der Waals surface area contributed by atoms with Crippen LogP contribution in [0.4, 0.5) is 11.4 Å². The number of rotatable bonds is 11. The molecule has 0 radical (unpaired) electrons. The lowest BCUT2D eigenvalue weighted by Crippen LogP contribution is -2.27. The standard InChI is InChI=1S/C23H25N3O6S.C22H26N4O4S/c1-13-4-9-16-17(14-5-7-15(8-6-14)33(30,31)26(2)3)11-19-21(18(16)10-13)24-23(29)22(19)25-32-12-20(27)28;1-5-30-24-21-18-12-17(14-6-8-15(9-7-14)31(28,29)25(2)3)16-10-11-26(4)13-19(16)20(18)23-22(21)27/h5-8,11,13H,4,9-10,12H2,1-3H3,(H,27,28)(H,24,25,29);6-9,12H,5,10-11,13H2,1-4H3,(H,23,24,27). The highest BCUT2D eigenvalue weighted by Crippen LogP contribution is 2.43. The maximum Gasteiger partial charge on any atom is 0.344 e. The van der Waals surface area contributed by atoms with Crippen molar-refractivity contribution >= 4 is 60.6 Å². The molecule has 4 aromatic carbocycles. The molecule has 3 aliphatic heterocycles. The van der Waals surface area contributed by atoms with Crippen molar-refractivity contribution in [2.45, 2.75) is 55.9 Å². The van der Waals surface area contributed by atoms with Crippen LogP contribution >= 0.6 is 0 Å². The molecule has 4 aromatic rings. The number of sulfonamides is 2. The van der Waals surface area contributed by atoms with Crippen LogP contribution in [0, 0.1) is 5.92 Å². The Bertz CT molecular complexity index is 2820. The van der Waals surface area contributed by atoms with Crippen LogP contribution in [0.5, 0.6) is 0 Å². The Labute approximate surface area is 372 Å². The molecule has 1 unspecified atom stereocenters. The van der Waals surface area contributed by atoms with Crippen molar-refractivity contribution in [2.75, 3.05) is 65.6 Å². The van der Waals surface area contributed by atoms with E-state index in [9.17, 15) is 31.2 Å². The molecule has 4 aliphatic rings. The molecule has 0 spiro atoms. The summed E-state index contributed by atoms with van der Waals surface area (Å²) >= 11 is 0. The predicted molar refractivity (Wildman–Crippen MR) is 242 cm³/mol. The number of carbonyl (C=O) groups excluding carboxylic acids is 2. The first kappa shape index (κ1) is 46.0. The van der Waals surface area contributed by atoms with Gasteiger partial charge in [0.15, 0.2) is 11.4 Å². The van der Waals surface area contributed by atoms with Gasteiger partial charge in [0.2, 0.25) is 26.7 Å². The normalized spacial score (nSPS) is 18.2. The van der Waals surface area contributed by atoms with Gasteiger partial charge in [0.1, 0.15) is 6.61 Å². The zero-order chi connectivity index (χ0) is 46.2. The van der Waals surface area contributed by atoms with E-state index in [0.29, 0.717) is 35.9 Å². The molecule has 64 heavy (non-hydrogen) atoms. The number of hydrogen-bond acceptors (Lipinski definition) is 12. The Morgan fingerprint density at radius 2 is 1.20 bits per heavy atom. The van der Waals surface area contributed by atoms with Gasteiger partial charge in [-0.25, -0.2) is 30.2 Å². The van der Waals surface area contributed by atoms with Crippen molar-refractivity contribution in [3.63, 3.8) is 0 Å². The van der Waals surface area contributed by atoms with Gasteiger partial charge in [0, 0.05) is 52.4 Å². The number of fused-ring (bicyclic) bond motifs is 6. The minimum atomic E-state index is -3.55. The molecule has 1 atom stereocenters. The Morgan fingerprint density at radius 3 is 1.67 bits per heavy atom. The van der Waals surface area contributed by atoms with Crippen molar-refractivity contribution in [1.82, 2.24) is 13.5 Å². The first-order chi connectivity index (χ1) is 30.3. The van der Waals surface area contributed by atoms with E-state index in [0.717, 1.165) is 86.7 Å². The first-order valence-corrected chi connectivity index (χ1v) is 23.6. The van der Waals surface area contributed by atoms with Crippen LogP contribution < -0.4 is 10.6 Å². The van der Waals surface area contributed by atoms with E-state index in [1.165, 1.54) is 32.5 Å². The quantitative estimate of drug-likeness (QED) is 0.174. The van der Waals surface area contributed by atoms with Crippen LogP contribution in [-0.4, -0.2) is 120 Å². The minimum absolute atomic E-state index is 0.0281. The van der Waals surface area contributed by atoms with Crippen LogP contribution in [-0.2, 0) is 69.9 Å². The van der Waals surface area contributed by atoms with Crippen LogP contribution in [0.15, 0.2) is 80.8 Å². The van der Waals surface area contributed by atoms with Crippen LogP contribution in [0.25, 0.3) is 22.3 Å². The smallest absolute Gasteiger partial charge is 0.344 e. The second-order valence-corrected chi connectivity index (χ2v) is 20.7. The third kappa shape index (κ3) is 8.90. The molecule has 17 nitrogen and oxygen atoms in total. The maximum atomic E-state index is 12.6. The number of nitrogens with one attached hydrogen (secondary N) is 2. The van der Waals surface area contributed by atoms with E-state index >= 15 is 0 Å². The SMILES string of the molecule is CC1CCc2c(-c3ccc(S(=O)(=O)N(C)C)cc3)cc3c(c2C1)NC(=O)/C3=N\OCC(=O)O.CCO/N=C1\C(=O)Nc2c1cc(-c1ccc(S(=O)(=O)N(C)C)cc1)c1c2CN(C)CC1. The summed E-state index contributed by atoms with van der Waals surface area (Å²) in [5.74, 6) is -1.47. The van der Waals surface area contributed by atoms with E-state index in [4.69, 9.17) is 14.8 Å². The predicted octanol–water partition coefficient (Wildman–Crippen LogP) is 4.77. The molecule has 3 heterocycles. The fourth-order valence-electron chi connectivity index (χ4n) is 8.28. The summed E-state index contributed by atoms with van der Waals surface area (Å²) < 4.78 is 52.1. The number of carboxylic acid groups (broad SMARTS) is 1. The molecule has 0 saturated heterocycles. The number of carbonyl (C=O) groups is 3. The lowest BCUT2D eigenvalue weighted by atomic mass is 9.79. The number of nitrogens with zero attached hydrogens (tertiary/aromatic N) is 5. The van der Waals surface area contributed by atoms with Crippen molar-refractivity contribution in [1.29, 1.82) is 0 Å². The minimum Gasteiger partial charge on any atom is -0.479 e. The zero-order valence-corrected chi connectivity index (χ0v) is 38.3. The Kier molecular flexibility index (Phi) is 13.1. The summed E-state index contributed by atoms with van der Waals surface area (Å²) in [5.41, 5.74) is 11.0. The number of carboxylic acids is 1. The molecule has 19 heteroatoms. The molecule has 0 saturated carbocycles. The molecule has 3 N–H and O–H groups in total. The molecule has 2 amide bonds. The molecule has 0 aromatic heterocycles. The molecule has 1 aliphatic carbocycles. The van der Waals surface area contributed by atoms with Crippen molar-refractivity contribution in [3.8, 4) is 22.3 Å². The fraction of sp³-hybridized carbons (Fsp3) is 0.356. The summed E-state index contributed by atoms with van der Waals surface area (Å²) in [6.07, 6.45) is 3.44. The fourth-order valence-corrected chi connectivity index (χ4v) is 10.1. The van der Waals surface area contributed by atoms with E-state index < -0.39 is 38.5 Å². The number of oxime groups is 2. The Balaban J connectivity index is 0.000000192. The van der Waals surface area contributed by atoms with E-state index in [1.807, 2.05) is 31.2 Å². The van der Waals surface area contributed by atoms with E-state index in [2.05, 4.69) is 39.8 Å². The highest BCUT2D eigenvalue weighted by atomic mass is 32.2. The van der Waals surface area contributed by atoms with Gasteiger partial charge in [-0.1, -0.05) is 41.5 Å². The van der Waals surface area contributed by atoms with Crippen molar-refractivity contribution in [2.24, 2.45) is 16.2 Å². The maximum absolute atomic E-state index is 12.6. The lowest BCUT2D eigenvalue weighted by molar-refractivity contribution is -0.142. The summed E-state index contributed by atoms with van der Waals surface area (Å²) in [6, 6.07) is 17.4. The van der Waals surface area contributed by atoms with Crippen molar-refractivity contribution in [3.05, 3.63) is 94.0 Å². The van der Waals surface area contributed by atoms with E-state index in [1.54, 1.807) is 36.4 Å². The zero-order valence-electron chi connectivity index (χ0n) is 36.7.